The van der Waals surface area contributed by atoms with Crippen LogP contribution in [0.5, 0.6) is 0 Å². The van der Waals surface area contributed by atoms with Crippen LogP contribution in [0, 0.1) is 0 Å². The van der Waals surface area contributed by atoms with Gasteiger partial charge < -0.3 is 10.2 Å². The van der Waals surface area contributed by atoms with Crippen LogP contribution in [0.4, 0.5) is 5.69 Å². The van der Waals surface area contributed by atoms with E-state index in [1.165, 1.54) is 23.1 Å². The van der Waals surface area contributed by atoms with Gasteiger partial charge in [-0.2, -0.15) is 0 Å². The van der Waals surface area contributed by atoms with E-state index < -0.39 is 28.5 Å². The molecule has 33 heavy (non-hydrogen) atoms. The molecule has 0 heterocycles. The molecule has 0 aliphatic heterocycles. The number of nitrogens with zero attached hydrogens (tertiary/aromatic N) is 2. The van der Waals surface area contributed by atoms with Gasteiger partial charge in [0.25, 0.3) is 0 Å². The lowest BCUT2D eigenvalue weighted by molar-refractivity contribution is -0.140. The second kappa shape index (κ2) is 11.7. The van der Waals surface area contributed by atoms with Gasteiger partial charge in [0.1, 0.15) is 12.6 Å². The first-order valence-corrected chi connectivity index (χ1v) is 13.1. The van der Waals surface area contributed by atoms with Crippen LogP contribution in [-0.2, 0) is 26.2 Å². The van der Waals surface area contributed by atoms with Gasteiger partial charge in [-0.05, 0) is 44.0 Å². The highest BCUT2D eigenvalue weighted by Crippen LogP contribution is 2.31. The predicted molar refractivity (Wildman–Crippen MR) is 133 cm³/mol. The van der Waals surface area contributed by atoms with Crippen LogP contribution in [0.1, 0.15) is 32.8 Å². The summed E-state index contributed by atoms with van der Waals surface area (Å²) in [6.45, 7) is 5.08. The van der Waals surface area contributed by atoms with Crippen molar-refractivity contribution in [2.75, 3.05) is 17.1 Å². The minimum Gasteiger partial charge on any atom is -0.352 e. The molecule has 10 heteroatoms. The first kappa shape index (κ1) is 27.0. The van der Waals surface area contributed by atoms with Crippen molar-refractivity contribution in [1.82, 2.24) is 10.2 Å². The maximum atomic E-state index is 13.5. The van der Waals surface area contributed by atoms with Gasteiger partial charge in [0.15, 0.2) is 0 Å². The molecule has 0 aliphatic carbocycles. The first-order valence-electron chi connectivity index (χ1n) is 10.5. The minimum atomic E-state index is -3.89. The number of amides is 2. The van der Waals surface area contributed by atoms with E-state index >= 15 is 0 Å². The Bertz CT molecular complexity index is 1080. The van der Waals surface area contributed by atoms with Gasteiger partial charge in [-0.25, -0.2) is 8.42 Å². The largest absolute Gasteiger partial charge is 0.352 e. The standard InChI is InChI=1S/C23H29Cl2N3O4S/c1-5-20(23(30)26-16(2)3)27(14-17-9-7-6-8-10-17)22(29)15-28(33(4,31)32)21-13-18(24)11-12-19(21)25/h6-13,16,20H,5,14-15H2,1-4H3,(H,26,30). The first-order chi connectivity index (χ1) is 15.4. The van der Waals surface area contributed by atoms with E-state index in [9.17, 15) is 18.0 Å². The Balaban J connectivity index is 2.46. The Morgan fingerprint density at radius 3 is 2.24 bits per heavy atom. The normalized spacial score (nSPS) is 12.3. The fourth-order valence-corrected chi connectivity index (χ4v) is 4.64. The van der Waals surface area contributed by atoms with Crippen molar-refractivity contribution in [3.8, 4) is 0 Å². The Morgan fingerprint density at radius 2 is 1.70 bits per heavy atom. The maximum Gasteiger partial charge on any atom is 0.244 e. The van der Waals surface area contributed by atoms with Crippen molar-refractivity contribution in [2.24, 2.45) is 0 Å². The topological polar surface area (TPSA) is 86.8 Å². The third-order valence-corrected chi connectivity index (χ3v) is 6.55. The van der Waals surface area contributed by atoms with Crippen molar-refractivity contribution in [3.05, 3.63) is 64.1 Å². The fourth-order valence-electron chi connectivity index (χ4n) is 3.35. The number of sulfonamides is 1. The second-order valence-electron chi connectivity index (χ2n) is 7.96. The lowest BCUT2D eigenvalue weighted by Crippen LogP contribution is -2.53. The van der Waals surface area contributed by atoms with Gasteiger partial charge in [0.2, 0.25) is 21.8 Å². The van der Waals surface area contributed by atoms with E-state index in [1.807, 2.05) is 44.2 Å². The van der Waals surface area contributed by atoms with Gasteiger partial charge in [-0.15, -0.1) is 0 Å². The zero-order chi connectivity index (χ0) is 24.8. The van der Waals surface area contributed by atoms with Crippen molar-refractivity contribution in [2.45, 2.75) is 45.8 Å². The summed E-state index contributed by atoms with van der Waals surface area (Å²) in [5, 5.41) is 3.26. The number of hydrogen-bond acceptors (Lipinski definition) is 4. The third kappa shape index (κ3) is 7.62. The second-order valence-corrected chi connectivity index (χ2v) is 10.7. The van der Waals surface area contributed by atoms with Crippen LogP contribution in [0.15, 0.2) is 48.5 Å². The molecule has 0 radical (unpaired) electrons. The van der Waals surface area contributed by atoms with Crippen LogP contribution in [0.25, 0.3) is 0 Å². The van der Waals surface area contributed by atoms with Gasteiger partial charge >= 0.3 is 0 Å². The lowest BCUT2D eigenvalue weighted by Gasteiger charge is -2.33. The highest BCUT2D eigenvalue weighted by molar-refractivity contribution is 7.92. The van der Waals surface area contributed by atoms with Gasteiger partial charge in [-0.3, -0.25) is 13.9 Å². The van der Waals surface area contributed by atoms with Crippen molar-refractivity contribution >= 4 is 50.7 Å². The number of carbonyl (C=O) groups is 2. The summed E-state index contributed by atoms with van der Waals surface area (Å²) in [5.41, 5.74) is 0.910. The molecule has 1 N–H and O–H groups in total. The van der Waals surface area contributed by atoms with E-state index in [-0.39, 0.29) is 34.2 Å². The Kier molecular flexibility index (Phi) is 9.57. The van der Waals surface area contributed by atoms with E-state index in [4.69, 9.17) is 23.2 Å². The van der Waals surface area contributed by atoms with Crippen LogP contribution >= 0.6 is 23.2 Å². The van der Waals surface area contributed by atoms with Gasteiger partial charge in [-0.1, -0.05) is 60.5 Å². The maximum absolute atomic E-state index is 13.5. The zero-order valence-electron chi connectivity index (χ0n) is 19.1. The SMILES string of the molecule is CCC(C(=O)NC(C)C)N(Cc1ccccc1)C(=O)CN(c1cc(Cl)ccc1Cl)S(C)(=O)=O. The van der Waals surface area contributed by atoms with Crippen molar-refractivity contribution < 1.29 is 18.0 Å². The van der Waals surface area contributed by atoms with Gasteiger partial charge in [0, 0.05) is 17.6 Å². The Hall–Kier alpha value is -2.29. The number of halogens is 2. The molecule has 0 aliphatic rings. The number of nitrogens with one attached hydrogen (secondary N) is 1. The third-order valence-electron chi connectivity index (χ3n) is 4.87. The fraction of sp³-hybridized carbons (Fsp3) is 0.391. The monoisotopic (exact) mass is 513 g/mol. The van der Waals surface area contributed by atoms with Gasteiger partial charge in [0.05, 0.1) is 17.0 Å². The molecule has 0 aromatic heterocycles. The number of rotatable bonds is 10. The lowest BCUT2D eigenvalue weighted by atomic mass is 10.1. The highest BCUT2D eigenvalue weighted by atomic mass is 35.5. The Morgan fingerprint density at radius 1 is 1.06 bits per heavy atom. The molecule has 1 atom stereocenters. The van der Waals surface area contributed by atoms with Crippen molar-refractivity contribution in [3.63, 3.8) is 0 Å². The smallest absolute Gasteiger partial charge is 0.244 e. The molecule has 0 spiro atoms. The molecule has 0 saturated heterocycles. The Labute approximate surface area is 205 Å². The molecule has 7 nitrogen and oxygen atoms in total. The molecular formula is C23H29Cl2N3O4S. The summed E-state index contributed by atoms with van der Waals surface area (Å²) in [6, 6.07) is 12.7. The number of hydrogen-bond donors (Lipinski definition) is 1. The zero-order valence-corrected chi connectivity index (χ0v) is 21.4. The average molecular weight is 514 g/mol. The van der Waals surface area contributed by atoms with Crippen molar-refractivity contribution in [1.29, 1.82) is 0 Å². The van der Waals surface area contributed by atoms with E-state index in [0.29, 0.717) is 6.42 Å². The summed E-state index contributed by atoms with van der Waals surface area (Å²) >= 11 is 12.3. The van der Waals surface area contributed by atoms with Crippen LogP contribution in [-0.4, -0.2) is 50.0 Å². The predicted octanol–water partition coefficient (Wildman–Crippen LogP) is 4.09. The van der Waals surface area contributed by atoms with Crippen LogP contribution in [0.2, 0.25) is 10.0 Å². The quantitative estimate of drug-likeness (QED) is 0.518. The highest BCUT2D eigenvalue weighted by Gasteiger charge is 2.32. The summed E-state index contributed by atoms with van der Waals surface area (Å²) in [5.74, 6) is -0.838. The van der Waals surface area contributed by atoms with E-state index in [0.717, 1.165) is 16.1 Å². The summed E-state index contributed by atoms with van der Waals surface area (Å²) in [7, 11) is -3.89. The summed E-state index contributed by atoms with van der Waals surface area (Å²) in [4.78, 5) is 27.8. The molecule has 0 bridgehead atoms. The molecule has 0 fully saturated rings. The molecular weight excluding hydrogens is 485 g/mol. The van der Waals surface area contributed by atoms with E-state index in [1.54, 1.807) is 6.92 Å². The molecule has 2 amide bonds. The minimum absolute atomic E-state index is 0.0966. The number of anilines is 1. The molecule has 2 aromatic carbocycles. The molecule has 1 unspecified atom stereocenters. The molecule has 0 saturated carbocycles. The number of carbonyl (C=O) groups excluding carboxylic acids is 2. The van der Waals surface area contributed by atoms with E-state index in [2.05, 4.69) is 5.32 Å². The van der Waals surface area contributed by atoms with Crippen LogP contribution in [0.3, 0.4) is 0 Å². The molecule has 180 valence electrons. The molecule has 2 aromatic rings. The summed E-state index contributed by atoms with van der Waals surface area (Å²) < 4.78 is 26.1. The summed E-state index contributed by atoms with van der Waals surface area (Å²) in [6.07, 6.45) is 1.34. The number of benzene rings is 2. The van der Waals surface area contributed by atoms with Crippen LogP contribution < -0.4 is 9.62 Å². The average Bonchev–Trinajstić information content (AvgIpc) is 2.73. The molecule has 2 rings (SSSR count).